The highest BCUT2D eigenvalue weighted by atomic mass is 16.4. The molecule has 0 spiro atoms. The fraction of sp³-hybridized carbons (Fsp3) is 1.00. The van der Waals surface area contributed by atoms with Gasteiger partial charge in [-0.2, -0.15) is 0 Å². The molecule has 7 saturated carbocycles. The minimum Gasteiger partial charge on any atom is -0.412 e. The monoisotopic (exact) mass is 315 g/mol. The molecule has 0 radical (unpaired) electrons. The molecule has 0 aliphatic heterocycles. The third-order valence-electron chi connectivity index (χ3n) is 6.93. The van der Waals surface area contributed by atoms with Gasteiger partial charge in [-0.3, -0.25) is 0 Å². The van der Waals surface area contributed by atoms with Crippen molar-refractivity contribution in [3.05, 3.63) is 0 Å². The summed E-state index contributed by atoms with van der Waals surface area (Å²) in [5.41, 5.74) is 0. The maximum absolute atomic E-state index is 6.50. The number of nitrogens with two attached hydrogens (primary N) is 1. The van der Waals surface area contributed by atoms with Gasteiger partial charge >= 0.3 is 0 Å². The molecular formula is C17H37N3O2. The van der Waals surface area contributed by atoms with Crippen LogP contribution in [-0.4, -0.2) is 36.7 Å². The van der Waals surface area contributed by atoms with E-state index in [4.69, 9.17) is 5.21 Å². The fourth-order valence-electron chi connectivity index (χ4n) is 6.89. The Kier molecular flexibility index (Phi) is 6.84. The number of hydrogen-bond acceptors (Lipinski definition) is 4. The summed E-state index contributed by atoms with van der Waals surface area (Å²) in [4.78, 5) is 2.00. The fourth-order valence-corrected chi connectivity index (χ4v) is 6.89. The van der Waals surface area contributed by atoms with Crippen LogP contribution in [0, 0.1) is 47.3 Å². The van der Waals surface area contributed by atoms with Gasteiger partial charge in [-0.15, -0.1) is 0 Å². The van der Waals surface area contributed by atoms with Gasteiger partial charge in [-0.1, -0.05) is 0 Å². The SMILES string of the molecule is C1C2CC3C4CC5CC(C14)C(C2)C3C5.CN(C)C.N.NO.O. The van der Waals surface area contributed by atoms with Gasteiger partial charge in [-0.25, -0.2) is 5.90 Å². The summed E-state index contributed by atoms with van der Waals surface area (Å²) in [6, 6.07) is 0. The quantitative estimate of drug-likeness (QED) is 0.594. The third-order valence-corrected chi connectivity index (χ3v) is 6.93. The van der Waals surface area contributed by atoms with Crippen LogP contribution >= 0.6 is 0 Å². The van der Waals surface area contributed by atoms with E-state index in [1.165, 1.54) is 47.3 Å². The van der Waals surface area contributed by atoms with Crippen molar-refractivity contribution in [1.29, 1.82) is 0 Å². The van der Waals surface area contributed by atoms with Crippen molar-refractivity contribution in [2.75, 3.05) is 21.1 Å². The highest BCUT2D eigenvalue weighted by Crippen LogP contribution is 2.71. The van der Waals surface area contributed by atoms with E-state index in [0.29, 0.717) is 0 Å². The molecule has 5 nitrogen and oxygen atoms in total. The van der Waals surface area contributed by atoms with Gasteiger partial charge in [0.2, 0.25) is 0 Å². The van der Waals surface area contributed by atoms with Crippen molar-refractivity contribution in [2.24, 2.45) is 53.2 Å². The van der Waals surface area contributed by atoms with Crippen LogP contribution < -0.4 is 12.0 Å². The molecule has 8 bridgehead atoms. The van der Waals surface area contributed by atoms with Crippen LogP contribution in [0.15, 0.2) is 0 Å². The van der Waals surface area contributed by atoms with E-state index in [-0.39, 0.29) is 11.6 Å². The Morgan fingerprint density at radius 3 is 0.909 bits per heavy atom. The summed E-state index contributed by atoms with van der Waals surface area (Å²) in [6.45, 7) is 0. The zero-order chi connectivity index (χ0) is 14.4. The Morgan fingerprint density at radius 1 is 0.636 bits per heavy atom. The molecule has 0 saturated heterocycles. The van der Waals surface area contributed by atoms with Gasteiger partial charge in [0.05, 0.1) is 0 Å². The van der Waals surface area contributed by atoms with E-state index in [1.807, 2.05) is 26.0 Å². The van der Waals surface area contributed by atoms with Crippen LogP contribution in [0.4, 0.5) is 0 Å². The van der Waals surface area contributed by atoms with Gasteiger partial charge in [0.25, 0.3) is 0 Å². The molecule has 0 heterocycles. The maximum Gasteiger partial charge on any atom is -0.0140 e. The van der Waals surface area contributed by atoms with Crippen molar-refractivity contribution in [3.63, 3.8) is 0 Å². The maximum atomic E-state index is 6.50. The number of rotatable bonds is 0. The molecule has 22 heavy (non-hydrogen) atoms. The van der Waals surface area contributed by atoms with Crippen LogP contribution in [0.1, 0.15) is 38.5 Å². The molecule has 8 N–H and O–H groups in total. The highest BCUT2D eigenvalue weighted by Gasteiger charge is 2.63. The molecule has 132 valence electrons. The van der Waals surface area contributed by atoms with E-state index in [9.17, 15) is 0 Å². The molecule has 0 unspecified atom stereocenters. The Balaban J connectivity index is 0.000000271. The van der Waals surface area contributed by atoms with Crippen molar-refractivity contribution < 1.29 is 10.7 Å². The summed E-state index contributed by atoms with van der Waals surface area (Å²) in [5.74, 6) is 13.2. The molecular weight excluding hydrogens is 278 g/mol. The van der Waals surface area contributed by atoms with Crippen molar-refractivity contribution in [3.8, 4) is 0 Å². The molecule has 7 aliphatic carbocycles. The van der Waals surface area contributed by atoms with Gasteiger partial charge in [0, 0.05) is 0 Å². The van der Waals surface area contributed by atoms with Crippen molar-refractivity contribution in [1.82, 2.24) is 11.1 Å². The lowest BCUT2D eigenvalue weighted by Crippen LogP contribution is -2.62. The second-order valence-electron chi connectivity index (χ2n) is 8.47. The highest BCUT2D eigenvalue weighted by molar-refractivity contribution is 5.12. The van der Waals surface area contributed by atoms with E-state index in [2.05, 4.69) is 5.90 Å². The average molecular weight is 316 g/mol. The normalized spacial score (nSPS) is 47.7. The van der Waals surface area contributed by atoms with Crippen LogP contribution in [0.25, 0.3) is 0 Å². The zero-order valence-electron chi connectivity index (χ0n) is 14.5. The van der Waals surface area contributed by atoms with E-state index < -0.39 is 0 Å². The minimum absolute atomic E-state index is 0. The van der Waals surface area contributed by atoms with Crippen LogP contribution in [0.2, 0.25) is 0 Å². The molecule has 7 aliphatic rings. The van der Waals surface area contributed by atoms with Gasteiger partial charge in [-0.05, 0) is 107 Å². The Labute approximate surface area is 135 Å². The van der Waals surface area contributed by atoms with Crippen molar-refractivity contribution in [2.45, 2.75) is 38.5 Å². The molecule has 5 heteroatoms. The Morgan fingerprint density at radius 2 is 0.773 bits per heavy atom. The smallest absolute Gasteiger partial charge is 0.0140 e. The zero-order valence-corrected chi connectivity index (χ0v) is 14.5. The molecule has 0 aromatic heterocycles. The first kappa shape index (κ1) is 19.8. The van der Waals surface area contributed by atoms with Crippen molar-refractivity contribution >= 4 is 0 Å². The first-order chi connectivity index (χ1) is 9.63. The van der Waals surface area contributed by atoms with Gasteiger partial charge < -0.3 is 21.7 Å². The van der Waals surface area contributed by atoms with E-state index in [1.54, 1.807) is 38.5 Å². The molecule has 0 amide bonds. The Hall–Kier alpha value is -0.200. The molecule has 0 aromatic carbocycles. The largest absolute Gasteiger partial charge is 0.412 e. The summed E-state index contributed by atoms with van der Waals surface area (Å²) >= 11 is 0. The van der Waals surface area contributed by atoms with E-state index >= 15 is 0 Å². The van der Waals surface area contributed by atoms with Crippen LogP contribution in [0.5, 0.6) is 0 Å². The predicted octanol–water partition coefficient (Wildman–Crippen LogP) is 2.17. The Bertz CT molecular complexity index is 260. The number of nitrogens with zero attached hydrogens (tertiary/aromatic N) is 1. The second-order valence-corrected chi connectivity index (χ2v) is 8.47. The minimum atomic E-state index is 0. The van der Waals surface area contributed by atoms with Crippen LogP contribution in [-0.2, 0) is 0 Å². The van der Waals surface area contributed by atoms with Crippen LogP contribution in [0.3, 0.4) is 0 Å². The van der Waals surface area contributed by atoms with Gasteiger partial charge in [0.1, 0.15) is 0 Å². The standard InChI is InChI=1S/C14H20.C3H9N.H3NO.H3N.H2O/c1-7-2-12-10-4-8-5-11(9(1)10)13(3-7)14(12)6-8;1-4(2)3;1-2;;/h7-14H,1-6H2;1-3H3;2H,1H2;1H3;1H2. The average Bonchev–Trinajstić information content (AvgIpc) is 2.45. The summed E-state index contributed by atoms with van der Waals surface area (Å²) in [5, 5.41) is 6.50. The predicted molar refractivity (Wildman–Crippen MR) is 89.8 cm³/mol. The third kappa shape index (κ3) is 3.06. The lowest BCUT2D eigenvalue weighted by molar-refractivity contribution is -0.202. The summed E-state index contributed by atoms with van der Waals surface area (Å²) < 4.78 is 0. The molecule has 0 aromatic rings. The van der Waals surface area contributed by atoms with Gasteiger partial charge in [0.15, 0.2) is 0 Å². The summed E-state index contributed by atoms with van der Waals surface area (Å²) in [7, 11) is 6.00. The lowest BCUT2D eigenvalue weighted by Gasteiger charge is -2.69. The first-order valence-electron chi connectivity index (χ1n) is 8.50. The summed E-state index contributed by atoms with van der Waals surface area (Å²) in [6.07, 6.45) is 9.93. The molecule has 0 atom stereocenters. The molecule has 7 rings (SSSR count). The number of hydrogen-bond donors (Lipinski definition) is 3. The second kappa shape index (κ2) is 7.58. The first-order valence-corrected chi connectivity index (χ1v) is 8.50. The topological polar surface area (TPSA) is 116 Å². The molecule has 7 fully saturated rings. The van der Waals surface area contributed by atoms with E-state index in [0.717, 1.165) is 0 Å². The lowest BCUT2D eigenvalue weighted by atomic mass is 9.36.